The minimum atomic E-state index is 0.202. The van der Waals surface area contributed by atoms with E-state index >= 15 is 0 Å². The third-order valence-corrected chi connectivity index (χ3v) is 6.27. The largest absolute Gasteiger partial charge is 0.0805 e. The zero-order chi connectivity index (χ0) is 16.7. The molecule has 0 amide bonds. The normalized spacial score (nSPS) is 13.5. The fraction of sp³-hybridized carbons (Fsp3) is 1.00. The van der Waals surface area contributed by atoms with Crippen LogP contribution in [0.3, 0.4) is 0 Å². The van der Waals surface area contributed by atoms with E-state index in [0.717, 1.165) is 5.92 Å². The van der Waals surface area contributed by atoms with Crippen molar-refractivity contribution in [2.45, 2.75) is 120 Å². The van der Waals surface area contributed by atoms with E-state index in [2.05, 4.69) is 52.6 Å². The van der Waals surface area contributed by atoms with Crippen molar-refractivity contribution in [3.63, 3.8) is 0 Å². The lowest BCUT2D eigenvalue weighted by atomic mass is 9.96. The highest BCUT2D eigenvalue weighted by atomic mass is 79.9. The Bertz CT molecular complexity index is 226. The molecule has 0 saturated carbocycles. The fourth-order valence-electron chi connectivity index (χ4n) is 3.06. The van der Waals surface area contributed by atoms with Gasteiger partial charge in [-0.3, -0.25) is 0 Å². The van der Waals surface area contributed by atoms with Gasteiger partial charge in [0.2, 0.25) is 0 Å². The molecule has 0 aromatic rings. The SMILES string of the molecule is CCCCCCCCC(C)CCCC(Br)(Br)CCCCCC. The molecule has 0 spiro atoms. The van der Waals surface area contributed by atoms with Crippen molar-refractivity contribution in [3.05, 3.63) is 0 Å². The van der Waals surface area contributed by atoms with Crippen molar-refractivity contribution in [1.82, 2.24) is 0 Å². The van der Waals surface area contributed by atoms with E-state index in [4.69, 9.17) is 0 Å². The third-order valence-electron chi connectivity index (χ3n) is 4.69. The summed E-state index contributed by atoms with van der Waals surface area (Å²) in [4.78, 5) is 0. The summed E-state index contributed by atoms with van der Waals surface area (Å²) in [6.07, 6.45) is 20.7. The summed E-state index contributed by atoms with van der Waals surface area (Å²) in [6, 6.07) is 0. The summed E-state index contributed by atoms with van der Waals surface area (Å²) in [5.41, 5.74) is 0. The molecule has 0 aliphatic heterocycles. The van der Waals surface area contributed by atoms with Crippen molar-refractivity contribution >= 4 is 31.9 Å². The van der Waals surface area contributed by atoms with Gasteiger partial charge in [-0.2, -0.15) is 0 Å². The molecule has 0 saturated heterocycles. The maximum atomic E-state index is 3.89. The zero-order valence-corrected chi connectivity index (χ0v) is 18.6. The first kappa shape index (κ1) is 23.0. The van der Waals surface area contributed by atoms with Crippen LogP contribution in [0.1, 0.15) is 117 Å². The molecule has 0 aromatic carbocycles. The molecule has 0 radical (unpaired) electrons. The summed E-state index contributed by atoms with van der Waals surface area (Å²) >= 11 is 7.78. The number of unbranched alkanes of at least 4 members (excludes halogenated alkanes) is 8. The van der Waals surface area contributed by atoms with Crippen LogP contribution >= 0.6 is 31.9 Å². The monoisotopic (exact) mass is 438 g/mol. The Hall–Kier alpha value is 0.960. The predicted octanol–water partition coefficient (Wildman–Crippen LogP) is 9.00. The van der Waals surface area contributed by atoms with Gasteiger partial charge in [-0.25, -0.2) is 0 Å². The second-order valence-corrected chi connectivity index (χ2v) is 11.3. The maximum absolute atomic E-state index is 3.89. The van der Waals surface area contributed by atoms with Gasteiger partial charge in [-0.1, -0.05) is 136 Å². The molecule has 0 aliphatic carbocycles. The van der Waals surface area contributed by atoms with Gasteiger partial charge in [-0.05, 0) is 18.8 Å². The number of alkyl halides is 2. The number of hydrogen-bond acceptors (Lipinski definition) is 0. The van der Waals surface area contributed by atoms with Crippen molar-refractivity contribution < 1.29 is 0 Å². The van der Waals surface area contributed by atoms with E-state index in [1.165, 1.54) is 96.3 Å². The lowest BCUT2D eigenvalue weighted by Gasteiger charge is -2.21. The molecule has 134 valence electrons. The summed E-state index contributed by atoms with van der Waals surface area (Å²) < 4.78 is 0.202. The molecule has 22 heavy (non-hydrogen) atoms. The molecule has 0 rings (SSSR count). The van der Waals surface area contributed by atoms with Crippen LogP contribution in [-0.2, 0) is 0 Å². The maximum Gasteiger partial charge on any atom is 0.0805 e. The van der Waals surface area contributed by atoms with Crippen molar-refractivity contribution in [3.8, 4) is 0 Å². The Morgan fingerprint density at radius 2 is 1.09 bits per heavy atom. The molecule has 0 bridgehead atoms. The molecule has 0 heterocycles. The minimum absolute atomic E-state index is 0.202. The molecular formula is C20H40Br2. The summed E-state index contributed by atoms with van der Waals surface area (Å²) in [6.45, 7) is 7.01. The van der Waals surface area contributed by atoms with Crippen LogP contribution in [0.2, 0.25) is 0 Å². The van der Waals surface area contributed by atoms with Crippen molar-refractivity contribution in [2.24, 2.45) is 5.92 Å². The Labute approximate surface area is 157 Å². The zero-order valence-electron chi connectivity index (χ0n) is 15.4. The first-order valence-corrected chi connectivity index (χ1v) is 11.5. The number of halogens is 2. The van der Waals surface area contributed by atoms with Crippen LogP contribution in [0.4, 0.5) is 0 Å². The van der Waals surface area contributed by atoms with E-state index < -0.39 is 0 Å². The fourth-order valence-corrected chi connectivity index (χ4v) is 4.18. The van der Waals surface area contributed by atoms with Crippen LogP contribution in [0.25, 0.3) is 0 Å². The standard InChI is InChI=1S/C20H40Br2/c1-4-6-8-10-11-12-15-19(3)16-14-18-20(21,22)17-13-9-7-5-2/h19H,4-18H2,1-3H3. The summed E-state index contributed by atoms with van der Waals surface area (Å²) in [5, 5.41) is 0. The predicted molar refractivity (Wildman–Crippen MR) is 110 cm³/mol. The molecular weight excluding hydrogens is 400 g/mol. The average molecular weight is 440 g/mol. The van der Waals surface area contributed by atoms with Crippen LogP contribution in [0.5, 0.6) is 0 Å². The van der Waals surface area contributed by atoms with Gasteiger partial charge >= 0.3 is 0 Å². The quantitative estimate of drug-likeness (QED) is 0.166. The number of hydrogen-bond donors (Lipinski definition) is 0. The van der Waals surface area contributed by atoms with Gasteiger partial charge in [0.05, 0.1) is 3.23 Å². The lowest BCUT2D eigenvalue weighted by molar-refractivity contribution is 0.431. The van der Waals surface area contributed by atoms with Gasteiger partial charge in [-0.15, -0.1) is 0 Å². The van der Waals surface area contributed by atoms with Gasteiger partial charge in [0.25, 0.3) is 0 Å². The van der Waals surface area contributed by atoms with Crippen LogP contribution < -0.4 is 0 Å². The lowest BCUT2D eigenvalue weighted by Crippen LogP contribution is -2.11. The van der Waals surface area contributed by atoms with Crippen LogP contribution in [-0.4, -0.2) is 3.23 Å². The van der Waals surface area contributed by atoms with E-state index in [0.29, 0.717) is 0 Å². The number of rotatable bonds is 16. The summed E-state index contributed by atoms with van der Waals surface area (Å²) in [7, 11) is 0. The van der Waals surface area contributed by atoms with Gasteiger partial charge in [0.15, 0.2) is 0 Å². The second-order valence-electron chi connectivity index (χ2n) is 7.22. The first-order chi connectivity index (χ1) is 10.5. The molecule has 0 nitrogen and oxygen atoms in total. The van der Waals surface area contributed by atoms with Crippen LogP contribution in [0, 0.1) is 5.92 Å². The molecule has 0 N–H and O–H groups in total. The highest BCUT2D eigenvalue weighted by Gasteiger charge is 2.21. The average Bonchev–Trinajstić information content (AvgIpc) is 2.47. The highest BCUT2D eigenvalue weighted by molar-refractivity contribution is 9.25. The smallest absolute Gasteiger partial charge is 0.0727 e. The third kappa shape index (κ3) is 15.8. The van der Waals surface area contributed by atoms with E-state index in [1.54, 1.807) is 0 Å². The van der Waals surface area contributed by atoms with Crippen molar-refractivity contribution in [1.29, 1.82) is 0 Å². The van der Waals surface area contributed by atoms with Gasteiger partial charge < -0.3 is 0 Å². The second kappa shape index (κ2) is 15.5. The topological polar surface area (TPSA) is 0 Å². The Balaban J connectivity index is 3.50. The Kier molecular flexibility index (Phi) is 16.2. The Morgan fingerprint density at radius 3 is 1.73 bits per heavy atom. The minimum Gasteiger partial charge on any atom is -0.0727 e. The first-order valence-electron chi connectivity index (χ1n) is 9.89. The molecule has 2 heteroatoms. The summed E-state index contributed by atoms with van der Waals surface area (Å²) in [5.74, 6) is 0.905. The van der Waals surface area contributed by atoms with E-state index in [-0.39, 0.29) is 3.23 Å². The Morgan fingerprint density at radius 1 is 0.636 bits per heavy atom. The molecule has 1 atom stereocenters. The highest BCUT2D eigenvalue weighted by Crippen LogP contribution is 2.38. The molecule has 0 fully saturated rings. The molecule has 0 aliphatic rings. The van der Waals surface area contributed by atoms with Gasteiger partial charge in [0, 0.05) is 0 Å². The van der Waals surface area contributed by atoms with E-state index in [1.807, 2.05) is 0 Å². The van der Waals surface area contributed by atoms with E-state index in [9.17, 15) is 0 Å². The van der Waals surface area contributed by atoms with Crippen molar-refractivity contribution in [2.75, 3.05) is 0 Å². The molecule has 0 aromatic heterocycles. The van der Waals surface area contributed by atoms with Crippen LogP contribution in [0.15, 0.2) is 0 Å². The molecule has 1 unspecified atom stereocenters. The van der Waals surface area contributed by atoms with Gasteiger partial charge in [0.1, 0.15) is 0 Å².